The van der Waals surface area contributed by atoms with Crippen LogP contribution in [0.5, 0.6) is 0 Å². The summed E-state index contributed by atoms with van der Waals surface area (Å²) in [6.45, 7) is -0.570. The molecule has 2 rings (SSSR count). The Bertz CT molecular complexity index is 364. The normalized spacial score (nSPS) is 27.4. The van der Waals surface area contributed by atoms with Gasteiger partial charge in [-0.25, -0.2) is 0 Å². The van der Waals surface area contributed by atoms with E-state index in [1.54, 1.807) is 0 Å². The molecule has 0 saturated carbocycles. The Morgan fingerprint density at radius 1 is 1.71 bits per heavy atom. The van der Waals surface area contributed by atoms with Gasteiger partial charge in [0.25, 0.3) is 0 Å². The molecule has 2 unspecified atom stereocenters. The van der Waals surface area contributed by atoms with Gasteiger partial charge < -0.3 is 15.4 Å². The SMILES string of the molecule is [O-][N+]1(C(O)CO)C=Nc2[nH]ncc2C1. The molecule has 1 aliphatic heterocycles. The van der Waals surface area contributed by atoms with Crippen LogP contribution in [0.3, 0.4) is 0 Å². The number of aromatic amines is 1. The largest absolute Gasteiger partial charge is 0.624 e. The van der Waals surface area contributed by atoms with E-state index in [-0.39, 0.29) is 6.54 Å². The number of fused-ring (bicyclic) bond motifs is 1. The second-order valence-electron chi connectivity index (χ2n) is 3.16. The van der Waals surface area contributed by atoms with Crippen molar-refractivity contribution in [2.45, 2.75) is 12.8 Å². The molecule has 1 aromatic rings. The molecule has 14 heavy (non-hydrogen) atoms. The second kappa shape index (κ2) is 3.14. The molecule has 7 nitrogen and oxygen atoms in total. The highest BCUT2D eigenvalue weighted by molar-refractivity contribution is 5.58. The van der Waals surface area contributed by atoms with E-state index in [2.05, 4.69) is 15.2 Å². The highest BCUT2D eigenvalue weighted by Crippen LogP contribution is 2.26. The fourth-order valence-electron chi connectivity index (χ4n) is 1.31. The molecule has 1 aromatic heterocycles. The number of quaternary nitrogens is 1. The summed E-state index contributed by atoms with van der Waals surface area (Å²) in [7, 11) is 0. The molecule has 0 aromatic carbocycles. The van der Waals surface area contributed by atoms with Crippen molar-refractivity contribution in [3.63, 3.8) is 0 Å². The van der Waals surface area contributed by atoms with E-state index in [1.165, 1.54) is 6.20 Å². The van der Waals surface area contributed by atoms with Crippen molar-refractivity contribution in [2.75, 3.05) is 6.61 Å². The number of H-pyrrole nitrogens is 1. The van der Waals surface area contributed by atoms with Crippen LogP contribution in [0.2, 0.25) is 0 Å². The number of nitrogens with one attached hydrogen (secondary N) is 1. The van der Waals surface area contributed by atoms with Gasteiger partial charge in [0, 0.05) is 0 Å². The van der Waals surface area contributed by atoms with Gasteiger partial charge in [-0.1, -0.05) is 0 Å². The Morgan fingerprint density at radius 3 is 3.21 bits per heavy atom. The maximum absolute atomic E-state index is 11.9. The minimum Gasteiger partial charge on any atom is -0.624 e. The van der Waals surface area contributed by atoms with Crippen molar-refractivity contribution in [1.82, 2.24) is 10.2 Å². The summed E-state index contributed by atoms with van der Waals surface area (Å²) in [5.41, 5.74) is 0.634. The van der Waals surface area contributed by atoms with Gasteiger partial charge in [0.2, 0.25) is 6.23 Å². The zero-order valence-corrected chi connectivity index (χ0v) is 7.29. The number of aliphatic hydroxyl groups excluding tert-OH is 2. The topological polar surface area (TPSA) is 105 Å². The summed E-state index contributed by atoms with van der Waals surface area (Å²) >= 11 is 0. The van der Waals surface area contributed by atoms with Crippen molar-refractivity contribution in [1.29, 1.82) is 0 Å². The number of hydrogen-bond acceptors (Lipinski definition) is 5. The fraction of sp³-hybridized carbons (Fsp3) is 0.429. The predicted octanol–water partition coefficient (Wildman–Crippen LogP) is -0.792. The van der Waals surface area contributed by atoms with E-state index in [0.29, 0.717) is 11.4 Å². The summed E-state index contributed by atoms with van der Waals surface area (Å²) in [4.78, 5) is 3.82. The average Bonchev–Trinajstić information content (AvgIpc) is 2.63. The van der Waals surface area contributed by atoms with Crippen molar-refractivity contribution < 1.29 is 14.9 Å². The summed E-state index contributed by atoms with van der Waals surface area (Å²) in [6.07, 6.45) is 1.14. The van der Waals surface area contributed by atoms with E-state index < -0.39 is 17.5 Å². The lowest BCUT2D eigenvalue weighted by Crippen LogP contribution is -2.51. The lowest BCUT2D eigenvalue weighted by atomic mass is 10.2. The third-order valence-corrected chi connectivity index (χ3v) is 2.16. The molecular weight excluding hydrogens is 188 g/mol. The van der Waals surface area contributed by atoms with Crippen molar-refractivity contribution >= 4 is 12.2 Å². The summed E-state index contributed by atoms with van der Waals surface area (Å²) in [5.74, 6) is 0.528. The van der Waals surface area contributed by atoms with Crippen LogP contribution in [0.4, 0.5) is 5.82 Å². The Labute approximate surface area is 79.5 Å². The molecule has 2 heterocycles. The third kappa shape index (κ3) is 1.32. The van der Waals surface area contributed by atoms with Crippen molar-refractivity contribution in [3.05, 3.63) is 17.0 Å². The lowest BCUT2D eigenvalue weighted by Gasteiger charge is -2.41. The number of hydrogen-bond donors (Lipinski definition) is 3. The first kappa shape index (κ1) is 9.28. The molecule has 0 amide bonds. The molecule has 1 aliphatic rings. The first-order valence-corrected chi connectivity index (χ1v) is 4.10. The van der Waals surface area contributed by atoms with E-state index in [4.69, 9.17) is 5.11 Å². The van der Waals surface area contributed by atoms with Crippen LogP contribution in [0.15, 0.2) is 11.2 Å². The zero-order chi connectivity index (χ0) is 10.2. The molecule has 76 valence electrons. The van der Waals surface area contributed by atoms with Gasteiger partial charge >= 0.3 is 0 Å². The van der Waals surface area contributed by atoms with Crippen LogP contribution in [0, 0.1) is 5.21 Å². The predicted molar refractivity (Wildman–Crippen MR) is 47.2 cm³/mol. The molecular formula is C7H10N4O3. The number of aromatic nitrogens is 2. The zero-order valence-electron chi connectivity index (χ0n) is 7.29. The monoisotopic (exact) mass is 198 g/mol. The minimum absolute atomic E-state index is 0.0249. The van der Waals surface area contributed by atoms with Gasteiger partial charge in [0.15, 0.2) is 12.2 Å². The van der Waals surface area contributed by atoms with Gasteiger partial charge in [0.05, 0.1) is 11.8 Å². The van der Waals surface area contributed by atoms with E-state index >= 15 is 0 Å². The van der Waals surface area contributed by atoms with Crippen LogP contribution in [-0.4, -0.2) is 44.2 Å². The molecule has 7 heteroatoms. The molecule has 0 fully saturated rings. The third-order valence-electron chi connectivity index (χ3n) is 2.16. The van der Waals surface area contributed by atoms with Gasteiger partial charge in [-0.05, 0) is 0 Å². The molecule has 0 spiro atoms. The number of nitrogens with zero attached hydrogens (tertiary/aromatic N) is 3. The summed E-state index contributed by atoms with van der Waals surface area (Å²) in [6, 6.07) is 0. The minimum atomic E-state index is -1.40. The average molecular weight is 198 g/mol. The van der Waals surface area contributed by atoms with Crippen LogP contribution in [-0.2, 0) is 6.54 Å². The Morgan fingerprint density at radius 2 is 2.50 bits per heavy atom. The Kier molecular flexibility index (Phi) is 2.08. The highest BCUT2D eigenvalue weighted by Gasteiger charge is 2.30. The lowest BCUT2D eigenvalue weighted by molar-refractivity contribution is -0.852. The van der Waals surface area contributed by atoms with Crippen LogP contribution in [0.1, 0.15) is 5.56 Å². The molecule has 0 aliphatic carbocycles. The highest BCUT2D eigenvalue weighted by atomic mass is 16.6. The first-order valence-electron chi connectivity index (χ1n) is 4.10. The number of aliphatic imine (C=N–C) groups is 1. The summed E-state index contributed by atoms with van der Waals surface area (Å²) in [5, 5.41) is 36.2. The van der Waals surface area contributed by atoms with Crippen molar-refractivity contribution in [2.24, 2.45) is 4.99 Å². The van der Waals surface area contributed by atoms with E-state index in [1.807, 2.05) is 0 Å². The van der Waals surface area contributed by atoms with Gasteiger partial charge in [-0.2, -0.15) is 10.1 Å². The van der Waals surface area contributed by atoms with E-state index in [9.17, 15) is 10.3 Å². The molecule has 0 radical (unpaired) electrons. The van der Waals surface area contributed by atoms with Gasteiger partial charge in [0.1, 0.15) is 13.2 Å². The van der Waals surface area contributed by atoms with E-state index in [0.717, 1.165) is 6.34 Å². The maximum Gasteiger partial charge on any atom is 0.219 e. The summed E-state index contributed by atoms with van der Waals surface area (Å²) < 4.78 is -1.07. The Hall–Kier alpha value is -1.28. The first-order chi connectivity index (χ1) is 6.65. The quantitative estimate of drug-likeness (QED) is 0.427. The molecule has 2 atom stereocenters. The fourth-order valence-corrected chi connectivity index (χ4v) is 1.31. The standard InChI is InChI=1S/C7H10N4O3/c12-3-6(13)11(14)2-5-1-9-10-7(5)8-4-11/h1,4,6,12-13H,2-3H2,(H,9,10). The number of hydroxylamine groups is 3. The van der Waals surface area contributed by atoms with Gasteiger partial charge in [-0.15, -0.1) is 0 Å². The second-order valence-corrected chi connectivity index (χ2v) is 3.16. The number of rotatable bonds is 2. The molecule has 0 bridgehead atoms. The van der Waals surface area contributed by atoms with Gasteiger partial charge in [-0.3, -0.25) is 9.75 Å². The van der Waals surface area contributed by atoms with Crippen LogP contribution >= 0.6 is 0 Å². The van der Waals surface area contributed by atoms with Crippen molar-refractivity contribution in [3.8, 4) is 0 Å². The number of aliphatic hydroxyl groups is 2. The van der Waals surface area contributed by atoms with Crippen LogP contribution < -0.4 is 0 Å². The molecule has 3 N–H and O–H groups in total. The Balaban J connectivity index is 2.29. The molecule has 0 saturated heterocycles. The van der Waals surface area contributed by atoms with Crippen LogP contribution in [0.25, 0.3) is 0 Å². The maximum atomic E-state index is 11.9. The smallest absolute Gasteiger partial charge is 0.219 e.